The predicted molar refractivity (Wildman–Crippen MR) is 73.9 cm³/mol. The second-order valence-electron chi connectivity index (χ2n) is 4.87. The van der Waals surface area contributed by atoms with Crippen LogP contribution in [0.3, 0.4) is 0 Å². The van der Waals surface area contributed by atoms with E-state index in [4.69, 9.17) is 10.00 Å². The summed E-state index contributed by atoms with van der Waals surface area (Å²) in [6, 6.07) is 8.56. The molecule has 0 heterocycles. The predicted octanol–water partition coefficient (Wildman–Crippen LogP) is 2.82. The summed E-state index contributed by atoms with van der Waals surface area (Å²) in [4.78, 5) is 2.01. The Morgan fingerprint density at radius 2 is 2.11 bits per heavy atom. The van der Waals surface area contributed by atoms with E-state index in [9.17, 15) is 0 Å². The third-order valence-corrected chi connectivity index (χ3v) is 3.08. The molecule has 0 saturated carbocycles. The fourth-order valence-electron chi connectivity index (χ4n) is 1.84. The Kier molecular flexibility index (Phi) is 5.67. The summed E-state index contributed by atoms with van der Waals surface area (Å²) in [6.07, 6.45) is 0.903. The SMILES string of the molecule is COc1cc(C(C)C)ccc1CCN(C)CC#N. The Bertz CT molecular complexity index is 421. The Balaban J connectivity index is 2.74. The van der Waals surface area contributed by atoms with Crippen LogP contribution in [0, 0.1) is 11.3 Å². The summed E-state index contributed by atoms with van der Waals surface area (Å²) in [6.45, 7) is 5.68. The molecule has 0 radical (unpaired) electrons. The lowest BCUT2D eigenvalue weighted by molar-refractivity contribution is 0.370. The van der Waals surface area contributed by atoms with Gasteiger partial charge in [0.05, 0.1) is 19.7 Å². The van der Waals surface area contributed by atoms with E-state index >= 15 is 0 Å². The molecule has 98 valence electrons. The molecule has 0 spiro atoms. The van der Waals surface area contributed by atoms with Gasteiger partial charge < -0.3 is 4.74 Å². The highest BCUT2D eigenvalue weighted by atomic mass is 16.5. The van der Waals surface area contributed by atoms with Crippen molar-refractivity contribution in [1.82, 2.24) is 4.90 Å². The first-order valence-electron chi connectivity index (χ1n) is 6.30. The van der Waals surface area contributed by atoms with Crippen LogP contribution in [0.15, 0.2) is 18.2 Å². The van der Waals surface area contributed by atoms with Gasteiger partial charge in [-0.25, -0.2) is 0 Å². The van der Waals surface area contributed by atoms with Crippen LogP contribution < -0.4 is 4.74 Å². The molecule has 0 amide bonds. The van der Waals surface area contributed by atoms with Gasteiger partial charge in [-0.15, -0.1) is 0 Å². The fourth-order valence-corrected chi connectivity index (χ4v) is 1.84. The normalized spacial score (nSPS) is 10.7. The minimum Gasteiger partial charge on any atom is -0.496 e. The first kappa shape index (κ1) is 14.5. The standard InChI is InChI=1S/C15H22N2O/c1-12(2)14-6-5-13(15(11-14)18-4)7-9-17(3)10-8-16/h5-6,11-12H,7,9-10H2,1-4H3. The molecule has 3 heteroatoms. The zero-order valence-corrected chi connectivity index (χ0v) is 11.7. The van der Waals surface area contributed by atoms with Crippen molar-refractivity contribution >= 4 is 0 Å². The Morgan fingerprint density at radius 3 is 2.67 bits per heavy atom. The zero-order valence-electron chi connectivity index (χ0n) is 11.7. The van der Waals surface area contributed by atoms with E-state index in [1.165, 1.54) is 11.1 Å². The number of likely N-dealkylation sites (N-methyl/N-ethyl adjacent to an activating group) is 1. The summed E-state index contributed by atoms with van der Waals surface area (Å²) in [5, 5.41) is 8.62. The molecule has 18 heavy (non-hydrogen) atoms. The molecule has 0 bridgehead atoms. The largest absolute Gasteiger partial charge is 0.496 e. The molecule has 0 aliphatic carbocycles. The van der Waals surface area contributed by atoms with Gasteiger partial charge in [0.2, 0.25) is 0 Å². The molecule has 0 atom stereocenters. The Hall–Kier alpha value is -1.53. The lowest BCUT2D eigenvalue weighted by Crippen LogP contribution is -2.21. The molecule has 3 nitrogen and oxygen atoms in total. The minimum atomic E-state index is 0.465. The molecule has 0 aromatic heterocycles. The molecule has 1 rings (SSSR count). The smallest absolute Gasteiger partial charge is 0.122 e. The van der Waals surface area contributed by atoms with E-state index in [0.29, 0.717) is 12.5 Å². The molecular weight excluding hydrogens is 224 g/mol. The van der Waals surface area contributed by atoms with Gasteiger partial charge in [0, 0.05) is 6.54 Å². The van der Waals surface area contributed by atoms with E-state index in [0.717, 1.165) is 18.7 Å². The number of rotatable bonds is 6. The molecule has 0 aliphatic rings. The number of methoxy groups -OCH3 is 1. The van der Waals surface area contributed by atoms with Crippen LogP contribution in [0.5, 0.6) is 5.75 Å². The average molecular weight is 246 g/mol. The van der Waals surface area contributed by atoms with Crippen LogP contribution in [-0.2, 0) is 6.42 Å². The van der Waals surface area contributed by atoms with Crippen molar-refractivity contribution in [3.8, 4) is 11.8 Å². The molecular formula is C15H22N2O. The number of hydrogen-bond donors (Lipinski definition) is 0. The van der Waals surface area contributed by atoms with Crippen molar-refractivity contribution in [3.05, 3.63) is 29.3 Å². The molecule has 0 aliphatic heterocycles. The van der Waals surface area contributed by atoms with Gasteiger partial charge in [0.15, 0.2) is 0 Å². The highest BCUT2D eigenvalue weighted by Gasteiger charge is 2.07. The van der Waals surface area contributed by atoms with Crippen molar-refractivity contribution in [2.24, 2.45) is 0 Å². The van der Waals surface area contributed by atoms with E-state index in [1.807, 2.05) is 11.9 Å². The van der Waals surface area contributed by atoms with Crippen LogP contribution in [-0.4, -0.2) is 32.1 Å². The molecule has 0 saturated heterocycles. The van der Waals surface area contributed by atoms with Gasteiger partial charge in [-0.2, -0.15) is 5.26 Å². The second-order valence-corrected chi connectivity index (χ2v) is 4.87. The fraction of sp³-hybridized carbons (Fsp3) is 0.533. The van der Waals surface area contributed by atoms with Gasteiger partial charge in [0.25, 0.3) is 0 Å². The van der Waals surface area contributed by atoms with Crippen molar-refractivity contribution in [1.29, 1.82) is 5.26 Å². The molecule has 1 aromatic carbocycles. The summed E-state index contributed by atoms with van der Waals surface area (Å²) >= 11 is 0. The van der Waals surface area contributed by atoms with Crippen LogP contribution in [0.2, 0.25) is 0 Å². The highest BCUT2D eigenvalue weighted by molar-refractivity contribution is 5.38. The maximum atomic E-state index is 8.62. The number of hydrogen-bond acceptors (Lipinski definition) is 3. The number of benzene rings is 1. The first-order valence-corrected chi connectivity index (χ1v) is 6.30. The summed E-state index contributed by atoms with van der Waals surface area (Å²) in [5.74, 6) is 1.46. The van der Waals surface area contributed by atoms with E-state index in [1.54, 1.807) is 7.11 Å². The topological polar surface area (TPSA) is 36.3 Å². The maximum Gasteiger partial charge on any atom is 0.122 e. The van der Waals surface area contributed by atoms with Crippen molar-refractivity contribution in [2.75, 3.05) is 27.2 Å². The third-order valence-electron chi connectivity index (χ3n) is 3.08. The van der Waals surface area contributed by atoms with Crippen LogP contribution >= 0.6 is 0 Å². The summed E-state index contributed by atoms with van der Waals surface area (Å²) in [5.41, 5.74) is 2.49. The van der Waals surface area contributed by atoms with E-state index in [-0.39, 0.29) is 0 Å². The number of ether oxygens (including phenoxy) is 1. The zero-order chi connectivity index (χ0) is 13.5. The van der Waals surface area contributed by atoms with Crippen molar-refractivity contribution < 1.29 is 4.74 Å². The highest BCUT2D eigenvalue weighted by Crippen LogP contribution is 2.25. The van der Waals surface area contributed by atoms with Crippen molar-refractivity contribution in [2.45, 2.75) is 26.2 Å². The monoisotopic (exact) mass is 246 g/mol. The average Bonchev–Trinajstić information content (AvgIpc) is 2.36. The van der Waals surface area contributed by atoms with Crippen LogP contribution in [0.1, 0.15) is 30.9 Å². The molecule has 1 aromatic rings. The number of nitrogens with zero attached hydrogens (tertiary/aromatic N) is 2. The Morgan fingerprint density at radius 1 is 1.39 bits per heavy atom. The molecule has 0 unspecified atom stereocenters. The maximum absolute atomic E-state index is 8.62. The van der Waals surface area contributed by atoms with Gasteiger partial charge in [-0.05, 0) is 36.6 Å². The van der Waals surface area contributed by atoms with Crippen molar-refractivity contribution in [3.63, 3.8) is 0 Å². The van der Waals surface area contributed by atoms with Gasteiger partial charge in [0.1, 0.15) is 5.75 Å². The van der Waals surface area contributed by atoms with E-state index < -0.39 is 0 Å². The lowest BCUT2D eigenvalue weighted by atomic mass is 10.00. The summed E-state index contributed by atoms with van der Waals surface area (Å²) in [7, 11) is 3.67. The van der Waals surface area contributed by atoms with Crippen LogP contribution in [0.4, 0.5) is 0 Å². The molecule has 0 fully saturated rings. The quantitative estimate of drug-likeness (QED) is 0.724. The summed E-state index contributed by atoms with van der Waals surface area (Å²) < 4.78 is 5.44. The molecule has 0 N–H and O–H groups in total. The number of nitriles is 1. The third kappa shape index (κ3) is 4.05. The van der Waals surface area contributed by atoms with Gasteiger partial charge in [-0.1, -0.05) is 26.0 Å². The first-order chi connectivity index (χ1) is 8.58. The van der Waals surface area contributed by atoms with Gasteiger partial charge in [-0.3, -0.25) is 4.90 Å². The second kappa shape index (κ2) is 7.03. The van der Waals surface area contributed by atoms with Gasteiger partial charge >= 0.3 is 0 Å². The minimum absolute atomic E-state index is 0.465. The van der Waals surface area contributed by atoms with Crippen LogP contribution in [0.25, 0.3) is 0 Å². The lowest BCUT2D eigenvalue weighted by Gasteiger charge is -2.15. The van der Waals surface area contributed by atoms with E-state index in [2.05, 4.69) is 38.1 Å². The Labute approximate surface area is 110 Å².